The summed E-state index contributed by atoms with van der Waals surface area (Å²) in [6.45, 7) is 7.71. The first-order valence-corrected chi connectivity index (χ1v) is 6.62. The summed E-state index contributed by atoms with van der Waals surface area (Å²) in [7, 11) is 0. The molecule has 0 spiro atoms. The first kappa shape index (κ1) is 19.3. The number of nitrogens with one attached hydrogen (secondary N) is 1. The summed E-state index contributed by atoms with van der Waals surface area (Å²) in [5.74, 6) is 0. The predicted molar refractivity (Wildman–Crippen MR) is 77.6 cm³/mol. The van der Waals surface area contributed by atoms with Crippen LogP contribution in [0.25, 0.3) is 0 Å². The van der Waals surface area contributed by atoms with Crippen LogP contribution in [0.1, 0.15) is 31.5 Å². The lowest BCUT2D eigenvalue weighted by Gasteiger charge is -2.08. The maximum absolute atomic E-state index is 12.3. The molecule has 1 aromatic rings. The third-order valence-electron chi connectivity index (χ3n) is 2.78. The molecule has 0 aliphatic carbocycles. The van der Waals surface area contributed by atoms with Crippen molar-refractivity contribution in [3.05, 3.63) is 17.5 Å². The Morgan fingerprint density at radius 2 is 2.10 bits per heavy atom. The van der Waals surface area contributed by atoms with Crippen molar-refractivity contribution < 1.29 is 13.5 Å². The van der Waals surface area contributed by atoms with Crippen LogP contribution in [0.5, 0.6) is 0 Å². The first-order valence-electron chi connectivity index (χ1n) is 6.62. The van der Waals surface area contributed by atoms with Crippen LogP contribution in [0.15, 0.2) is 6.20 Å². The molecule has 1 aromatic heterocycles. The molecule has 1 rings (SSSR count). The molecular weight excluding hydrogens is 288 g/mol. The average Bonchev–Trinajstić information content (AvgIpc) is 2.65. The van der Waals surface area contributed by atoms with Gasteiger partial charge in [-0.1, -0.05) is 0 Å². The number of nitrogens with zero attached hydrogens (tertiary/aromatic N) is 2. The highest BCUT2D eigenvalue weighted by Crippen LogP contribution is 2.09. The summed E-state index contributed by atoms with van der Waals surface area (Å²) < 4.78 is 31.3. The van der Waals surface area contributed by atoms with Crippen LogP contribution in [0.4, 0.5) is 8.78 Å². The second-order valence-electron chi connectivity index (χ2n) is 4.78. The second kappa shape index (κ2) is 10.1. The van der Waals surface area contributed by atoms with E-state index in [1.54, 1.807) is 6.20 Å². The van der Waals surface area contributed by atoms with Crippen LogP contribution in [-0.4, -0.2) is 35.5 Å². The Kier molecular flexibility index (Phi) is 9.71. The second-order valence-corrected chi connectivity index (χ2v) is 4.78. The van der Waals surface area contributed by atoms with Gasteiger partial charge >= 0.3 is 0 Å². The van der Waals surface area contributed by atoms with Crippen molar-refractivity contribution in [2.24, 2.45) is 0 Å². The molecule has 0 atom stereocenters. The molecule has 118 valence electrons. The van der Waals surface area contributed by atoms with Crippen molar-refractivity contribution in [1.29, 1.82) is 0 Å². The van der Waals surface area contributed by atoms with Crippen LogP contribution in [-0.2, 0) is 17.8 Å². The normalized spacial score (nSPS) is 11.2. The van der Waals surface area contributed by atoms with Gasteiger partial charge in [0.05, 0.1) is 12.3 Å². The zero-order valence-corrected chi connectivity index (χ0v) is 13.1. The molecule has 0 saturated carbocycles. The number of rotatable bonds is 9. The third-order valence-corrected chi connectivity index (χ3v) is 2.78. The van der Waals surface area contributed by atoms with Gasteiger partial charge in [0.25, 0.3) is 6.43 Å². The molecule has 0 amide bonds. The zero-order chi connectivity index (χ0) is 14.3. The highest BCUT2D eigenvalue weighted by Gasteiger charge is 2.10. The molecule has 0 radical (unpaired) electrons. The molecular formula is C13H24ClF2N3O. The Morgan fingerprint density at radius 1 is 1.40 bits per heavy atom. The number of alkyl halides is 2. The number of ether oxygens (including phenoxy) is 1. The van der Waals surface area contributed by atoms with Gasteiger partial charge < -0.3 is 10.1 Å². The molecule has 0 aromatic carbocycles. The largest absolute Gasteiger partial charge is 0.379 e. The van der Waals surface area contributed by atoms with E-state index in [9.17, 15) is 8.78 Å². The van der Waals surface area contributed by atoms with Crippen molar-refractivity contribution in [2.45, 2.75) is 52.8 Å². The summed E-state index contributed by atoms with van der Waals surface area (Å²) in [5, 5.41) is 7.23. The topological polar surface area (TPSA) is 39.1 Å². The van der Waals surface area contributed by atoms with Gasteiger partial charge in [0, 0.05) is 24.4 Å². The van der Waals surface area contributed by atoms with E-state index in [4.69, 9.17) is 4.74 Å². The molecule has 0 aliphatic heterocycles. The maximum atomic E-state index is 12.3. The number of aromatic nitrogens is 2. The highest BCUT2D eigenvalue weighted by atomic mass is 35.5. The van der Waals surface area contributed by atoms with Crippen molar-refractivity contribution in [3.8, 4) is 0 Å². The van der Waals surface area contributed by atoms with Gasteiger partial charge in [-0.15, -0.1) is 12.4 Å². The van der Waals surface area contributed by atoms with Crippen LogP contribution < -0.4 is 5.32 Å². The quantitative estimate of drug-likeness (QED) is 0.713. The van der Waals surface area contributed by atoms with Crippen molar-refractivity contribution in [3.63, 3.8) is 0 Å². The van der Waals surface area contributed by atoms with Gasteiger partial charge in [0.1, 0.15) is 6.54 Å². The van der Waals surface area contributed by atoms with E-state index in [1.165, 1.54) is 4.68 Å². The maximum Gasteiger partial charge on any atom is 0.257 e. The molecule has 1 heterocycles. The number of halogens is 3. The van der Waals surface area contributed by atoms with E-state index >= 15 is 0 Å². The Bertz CT molecular complexity index is 372. The number of hydrogen-bond donors (Lipinski definition) is 1. The van der Waals surface area contributed by atoms with Gasteiger partial charge in [-0.05, 0) is 33.7 Å². The highest BCUT2D eigenvalue weighted by molar-refractivity contribution is 5.85. The van der Waals surface area contributed by atoms with Crippen molar-refractivity contribution in [1.82, 2.24) is 15.1 Å². The standard InChI is InChI=1S/C13H23F2N3O.ClH/c1-10(2)19-6-4-5-16-7-12-8-17-18(11(12)3)9-13(14)15;/h8,10,13,16H,4-7,9H2,1-3H3;1H. The summed E-state index contributed by atoms with van der Waals surface area (Å²) in [6.07, 6.45) is 0.472. The fourth-order valence-corrected chi connectivity index (χ4v) is 1.71. The zero-order valence-electron chi connectivity index (χ0n) is 12.2. The molecule has 0 unspecified atom stereocenters. The van der Waals surface area contributed by atoms with E-state index in [0.717, 1.165) is 30.8 Å². The fourth-order valence-electron chi connectivity index (χ4n) is 1.71. The Labute approximate surface area is 125 Å². The summed E-state index contributed by atoms with van der Waals surface area (Å²) in [4.78, 5) is 0. The molecule has 1 N–H and O–H groups in total. The van der Waals surface area contributed by atoms with E-state index < -0.39 is 6.43 Å². The van der Waals surface area contributed by atoms with Crippen LogP contribution in [0.2, 0.25) is 0 Å². The van der Waals surface area contributed by atoms with Crippen LogP contribution in [0, 0.1) is 6.92 Å². The fraction of sp³-hybridized carbons (Fsp3) is 0.769. The molecule has 0 saturated heterocycles. The molecule has 0 bridgehead atoms. The molecule has 4 nitrogen and oxygen atoms in total. The van der Waals surface area contributed by atoms with E-state index in [0.29, 0.717) is 6.54 Å². The smallest absolute Gasteiger partial charge is 0.257 e. The Balaban J connectivity index is 0.00000361. The molecule has 0 aliphatic rings. The molecule has 20 heavy (non-hydrogen) atoms. The summed E-state index contributed by atoms with van der Waals surface area (Å²) in [5.41, 5.74) is 1.76. The van der Waals surface area contributed by atoms with Crippen molar-refractivity contribution in [2.75, 3.05) is 13.2 Å². The van der Waals surface area contributed by atoms with Crippen LogP contribution in [0.3, 0.4) is 0 Å². The van der Waals surface area contributed by atoms with Crippen LogP contribution >= 0.6 is 12.4 Å². The molecule has 0 fully saturated rings. The monoisotopic (exact) mass is 311 g/mol. The number of hydrogen-bond acceptors (Lipinski definition) is 3. The minimum Gasteiger partial charge on any atom is -0.379 e. The lowest BCUT2D eigenvalue weighted by atomic mass is 10.2. The van der Waals surface area contributed by atoms with E-state index in [-0.39, 0.29) is 25.1 Å². The lowest BCUT2D eigenvalue weighted by molar-refractivity contribution is 0.0770. The Morgan fingerprint density at radius 3 is 2.70 bits per heavy atom. The summed E-state index contributed by atoms with van der Waals surface area (Å²) in [6, 6.07) is 0. The van der Waals surface area contributed by atoms with Gasteiger partial charge in [0.15, 0.2) is 0 Å². The summed E-state index contributed by atoms with van der Waals surface area (Å²) >= 11 is 0. The van der Waals surface area contributed by atoms with E-state index in [2.05, 4.69) is 10.4 Å². The average molecular weight is 312 g/mol. The van der Waals surface area contributed by atoms with Gasteiger partial charge in [-0.3, -0.25) is 4.68 Å². The van der Waals surface area contributed by atoms with Gasteiger partial charge in [-0.2, -0.15) is 5.10 Å². The lowest BCUT2D eigenvalue weighted by Crippen LogP contribution is -2.18. The van der Waals surface area contributed by atoms with Gasteiger partial charge in [0.2, 0.25) is 0 Å². The minimum absolute atomic E-state index is 0. The Hall–Kier alpha value is -0.720. The van der Waals surface area contributed by atoms with Crippen molar-refractivity contribution >= 4 is 12.4 Å². The first-order chi connectivity index (χ1) is 9.00. The van der Waals surface area contributed by atoms with Gasteiger partial charge in [-0.25, -0.2) is 8.78 Å². The van der Waals surface area contributed by atoms with E-state index in [1.807, 2.05) is 20.8 Å². The minimum atomic E-state index is -2.37. The third kappa shape index (κ3) is 7.17. The molecule has 7 heteroatoms. The predicted octanol–water partition coefficient (Wildman–Crippen LogP) is 2.78. The SMILES string of the molecule is Cc1c(CNCCCOC(C)C)cnn1CC(F)F.Cl.